The van der Waals surface area contributed by atoms with Crippen LogP contribution < -0.4 is 0 Å². The summed E-state index contributed by atoms with van der Waals surface area (Å²) in [6.07, 6.45) is 1.64. The lowest BCUT2D eigenvalue weighted by molar-refractivity contribution is -0.135. The molecule has 1 rings (SSSR count). The van der Waals surface area contributed by atoms with Crippen molar-refractivity contribution >= 4 is 5.97 Å². The van der Waals surface area contributed by atoms with Crippen molar-refractivity contribution < 1.29 is 9.53 Å². The number of allylic oxidation sites excluding steroid dienone is 1. The SMILES string of the molecule is COC(=O)/C=C1/[C@@H](C)[C@H](C)C1(C)C. The summed E-state index contributed by atoms with van der Waals surface area (Å²) in [6.45, 7) is 8.73. The highest BCUT2D eigenvalue weighted by atomic mass is 16.5. The van der Waals surface area contributed by atoms with E-state index >= 15 is 0 Å². The number of methoxy groups -OCH3 is 1. The number of rotatable bonds is 1. The number of hydrogen-bond donors (Lipinski definition) is 0. The van der Waals surface area contributed by atoms with Gasteiger partial charge in [-0.15, -0.1) is 0 Å². The van der Waals surface area contributed by atoms with E-state index in [1.807, 2.05) is 0 Å². The average molecular weight is 182 g/mol. The maximum absolute atomic E-state index is 11.1. The second kappa shape index (κ2) is 3.17. The smallest absolute Gasteiger partial charge is 0.330 e. The third-order valence-corrected chi connectivity index (χ3v) is 3.60. The first-order valence-electron chi connectivity index (χ1n) is 4.71. The average Bonchev–Trinajstić information content (AvgIpc) is 2.11. The van der Waals surface area contributed by atoms with E-state index in [2.05, 4.69) is 32.4 Å². The fourth-order valence-corrected chi connectivity index (χ4v) is 2.15. The molecular formula is C11H18O2. The lowest BCUT2D eigenvalue weighted by Crippen LogP contribution is -2.44. The maximum Gasteiger partial charge on any atom is 0.330 e. The molecule has 2 nitrogen and oxygen atoms in total. The summed E-state index contributed by atoms with van der Waals surface area (Å²) in [6, 6.07) is 0. The molecule has 1 fully saturated rings. The molecule has 1 aliphatic carbocycles. The summed E-state index contributed by atoms with van der Waals surface area (Å²) in [5, 5.41) is 0. The van der Waals surface area contributed by atoms with Gasteiger partial charge in [0.1, 0.15) is 0 Å². The van der Waals surface area contributed by atoms with Gasteiger partial charge >= 0.3 is 5.97 Å². The number of carbonyl (C=O) groups is 1. The number of carbonyl (C=O) groups excluding carboxylic acids is 1. The summed E-state index contributed by atoms with van der Waals surface area (Å²) in [5.41, 5.74) is 1.38. The molecule has 74 valence electrons. The lowest BCUT2D eigenvalue weighted by Gasteiger charge is -2.51. The largest absolute Gasteiger partial charge is 0.466 e. The van der Waals surface area contributed by atoms with Gasteiger partial charge in [-0.3, -0.25) is 0 Å². The first-order chi connectivity index (χ1) is 5.91. The molecule has 0 bridgehead atoms. The number of esters is 1. The van der Waals surface area contributed by atoms with Gasteiger partial charge in [0.2, 0.25) is 0 Å². The zero-order chi connectivity index (χ0) is 10.2. The minimum Gasteiger partial charge on any atom is -0.466 e. The molecule has 1 aliphatic rings. The highest BCUT2D eigenvalue weighted by Gasteiger charge is 2.46. The van der Waals surface area contributed by atoms with Crippen LogP contribution >= 0.6 is 0 Å². The Morgan fingerprint density at radius 2 is 2.00 bits per heavy atom. The van der Waals surface area contributed by atoms with Crippen LogP contribution in [0, 0.1) is 17.3 Å². The molecule has 0 radical (unpaired) electrons. The van der Waals surface area contributed by atoms with Crippen molar-refractivity contribution in [3.8, 4) is 0 Å². The molecule has 13 heavy (non-hydrogen) atoms. The minimum atomic E-state index is -0.234. The molecule has 2 heteroatoms. The van der Waals surface area contributed by atoms with Crippen molar-refractivity contribution in [2.75, 3.05) is 7.11 Å². The van der Waals surface area contributed by atoms with Gasteiger partial charge in [-0.05, 0) is 17.3 Å². The van der Waals surface area contributed by atoms with Crippen LogP contribution in [0.4, 0.5) is 0 Å². The van der Waals surface area contributed by atoms with Crippen LogP contribution in [0.2, 0.25) is 0 Å². The van der Waals surface area contributed by atoms with Crippen LogP contribution in [0.25, 0.3) is 0 Å². The van der Waals surface area contributed by atoms with Gasteiger partial charge in [0.25, 0.3) is 0 Å². The van der Waals surface area contributed by atoms with E-state index < -0.39 is 0 Å². The van der Waals surface area contributed by atoms with Crippen molar-refractivity contribution in [2.24, 2.45) is 17.3 Å². The maximum atomic E-state index is 11.1. The van der Waals surface area contributed by atoms with E-state index in [1.54, 1.807) is 6.08 Å². The van der Waals surface area contributed by atoms with Crippen LogP contribution in [0.3, 0.4) is 0 Å². The van der Waals surface area contributed by atoms with Crippen LogP contribution in [-0.4, -0.2) is 13.1 Å². The van der Waals surface area contributed by atoms with Gasteiger partial charge in [0.05, 0.1) is 7.11 Å². The van der Waals surface area contributed by atoms with Crippen molar-refractivity contribution in [1.29, 1.82) is 0 Å². The van der Waals surface area contributed by atoms with Crippen LogP contribution in [0.15, 0.2) is 11.6 Å². The molecule has 2 atom stereocenters. The molecule has 0 N–H and O–H groups in total. The Hall–Kier alpha value is -0.790. The third-order valence-electron chi connectivity index (χ3n) is 3.60. The fraction of sp³-hybridized carbons (Fsp3) is 0.727. The third kappa shape index (κ3) is 1.50. The topological polar surface area (TPSA) is 26.3 Å². The van der Waals surface area contributed by atoms with E-state index in [1.165, 1.54) is 12.7 Å². The van der Waals surface area contributed by atoms with E-state index in [4.69, 9.17) is 0 Å². The molecule has 1 saturated carbocycles. The van der Waals surface area contributed by atoms with Gasteiger partial charge in [-0.1, -0.05) is 33.3 Å². The predicted molar refractivity (Wildman–Crippen MR) is 52.2 cm³/mol. The minimum absolute atomic E-state index is 0.160. The normalized spacial score (nSPS) is 34.1. The Balaban J connectivity index is 2.83. The molecule has 0 saturated heterocycles. The van der Waals surface area contributed by atoms with Gasteiger partial charge in [-0.25, -0.2) is 4.79 Å². The molecule has 0 heterocycles. The Morgan fingerprint density at radius 1 is 1.46 bits per heavy atom. The molecule has 0 amide bonds. The number of ether oxygens (including phenoxy) is 1. The molecular weight excluding hydrogens is 164 g/mol. The standard InChI is InChI=1S/C11H18O2/c1-7-8(2)11(3,4)9(7)6-10(12)13-5/h6-8H,1-5H3/b9-6-/t7-,8-/m0/s1. The highest BCUT2D eigenvalue weighted by Crippen LogP contribution is 2.54. The van der Waals surface area contributed by atoms with Crippen molar-refractivity contribution in [2.45, 2.75) is 27.7 Å². The molecule has 0 aromatic heterocycles. The first kappa shape index (κ1) is 10.3. The Labute approximate surface area is 80.0 Å². The van der Waals surface area contributed by atoms with E-state index in [-0.39, 0.29) is 11.4 Å². The molecule has 0 spiro atoms. The fourth-order valence-electron chi connectivity index (χ4n) is 2.15. The van der Waals surface area contributed by atoms with Gasteiger partial charge in [0, 0.05) is 6.08 Å². The number of hydrogen-bond acceptors (Lipinski definition) is 2. The quantitative estimate of drug-likeness (QED) is 0.460. The summed E-state index contributed by atoms with van der Waals surface area (Å²) in [5.74, 6) is 0.916. The van der Waals surface area contributed by atoms with E-state index in [9.17, 15) is 4.79 Å². The first-order valence-corrected chi connectivity index (χ1v) is 4.71. The molecule has 0 aromatic carbocycles. The second-order valence-corrected chi connectivity index (χ2v) is 4.42. The monoisotopic (exact) mass is 182 g/mol. The van der Waals surface area contributed by atoms with Gasteiger partial charge < -0.3 is 4.74 Å². The van der Waals surface area contributed by atoms with Crippen molar-refractivity contribution in [3.05, 3.63) is 11.6 Å². The van der Waals surface area contributed by atoms with E-state index in [0.29, 0.717) is 11.8 Å². The zero-order valence-electron chi connectivity index (χ0n) is 9.05. The van der Waals surface area contributed by atoms with Crippen LogP contribution in [0.5, 0.6) is 0 Å². The van der Waals surface area contributed by atoms with Crippen molar-refractivity contribution in [3.63, 3.8) is 0 Å². The summed E-state index contributed by atoms with van der Waals surface area (Å²) < 4.78 is 4.62. The van der Waals surface area contributed by atoms with Crippen molar-refractivity contribution in [1.82, 2.24) is 0 Å². The Kier molecular flexibility index (Phi) is 2.51. The second-order valence-electron chi connectivity index (χ2n) is 4.42. The van der Waals surface area contributed by atoms with Crippen LogP contribution in [0.1, 0.15) is 27.7 Å². The highest BCUT2D eigenvalue weighted by molar-refractivity contribution is 5.83. The Bertz CT molecular complexity index is 251. The van der Waals surface area contributed by atoms with Crippen LogP contribution in [-0.2, 0) is 9.53 Å². The molecule has 0 aromatic rings. The van der Waals surface area contributed by atoms with E-state index in [0.717, 1.165) is 0 Å². The summed E-state index contributed by atoms with van der Waals surface area (Å²) >= 11 is 0. The molecule has 0 unspecified atom stereocenters. The zero-order valence-corrected chi connectivity index (χ0v) is 9.05. The van der Waals surface area contributed by atoms with Gasteiger partial charge in [0.15, 0.2) is 0 Å². The predicted octanol–water partition coefficient (Wildman–Crippen LogP) is 2.40. The summed E-state index contributed by atoms with van der Waals surface area (Å²) in [7, 11) is 1.42. The Morgan fingerprint density at radius 3 is 2.38 bits per heavy atom. The molecule has 0 aliphatic heterocycles. The lowest BCUT2D eigenvalue weighted by atomic mass is 9.53. The van der Waals surface area contributed by atoms with Gasteiger partial charge in [-0.2, -0.15) is 0 Å². The summed E-state index contributed by atoms with van der Waals surface area (Å²) in [4.78, 5) is 11.1.